The number of aromatic nitrogens is 2. The molecule has 2 aromatic rings. The number of imidazole rings is 1. The van der Waals surface area contributed by atoms with Crippen LogP contribution in [-0.2, 0) is 12.7 Å². The first-order chi connectivity index (χ1) is 8.05. The van der Waals surface area contributed by atoms with Gasteiger partial charge in [-0.05, 0) is 24.3 Å². The van der Waals surface area contributed by atoms with Crippen LogP contribution < -0.4 is 5.32 Å². The minimum atomic E-state index is -4.29. The van der Waals surface area contributed by atoms with Gasteiger partial charge in [0.05, 0.1) is 24.1 Å². The standard InChI is InChI=1S/C11H10F3N3/c12-11(13,14)8-1-3-9(4-2-8)16-6-10-5-15-7-17-10/h1-5,7,16H,6H2,(H,15,17). The first kappa shape index (κ1) is 11.5. The third-order valence-corrected chi connectivity index (χ3v) is 2.25. The second kappa shape index (κ2) is 4.48. The number of H-pyrrole nitrogens is 1. The third-order valence-electron chi connectivity index (χ3n) is 2.25. The zero-order chi connectivity index (χ0) is 12.3. The van der Waals surface area contributed by atoms with Gasteiger partial charge < -0.3 is 10.3 Å². The van der Waals surface area contributed by atoms with Gasteiger partial charge in [0.15, 0.2) is 0 Å². The fourth-order valence-corrected chi connectivity index (χ4v) is 1.36. The first-order valence-corrected chi connectivity index (χ1v) is 4.94. The first-order valence-electron chi connectivity index (χ1n) is 4.94. The Balaban J connectivity index is 1.99. The molecule has 0 aliphatic carbocycles. The molecule has 90 valence electrons. The summed E-state index contributed by atoms with van der Waals surface area (Å²) in [6, 6.07) is 4.91. The summed E-state index contributed by atoms with van der Waals surface area (Å²) in [5.74, 6) is 0. The van der Waals surface area contributed by atoms with Crippen LogP contribution in [0.2, 0.25) is 0 Å². The number of halogens is 3. The van der Waals surface area contributed by atoms with Gasteiger partial charge in [-0.25, -0.2) is 4.98 Å². The number of hydrogen-bond acceptors (Lipinski definition) is 2. The molecule has 3 nitrogen and oxygen atoms in total. The highest BCUT2D eigenvalue weighted by atomic mass is 19.4. The maximum absolute atomic E-state index is 12.3. The normalized spacial score (nSPS) is 11.5. The van der Waals surface area contributed by atoms with Crippen molar-refractivity contribution in [3.63, 3.8) is 0 Å². The molecule has 0 radical (unpaired) electrons. The van der Waals surface area contributed by atoms with Crippen molar-refractivity contribution in [2.24, 2.45) is 0 Å². The molecule has 6 heteroatoms. The van der Waals surface area contributed by atoms with Crippen LogP contribution in [-0.4, -0.2) is 9.97 Å². The Hall–Kier alpha value is -1.98. The van der Waals surface area contributed by atoms with E-state index in [-0.39, 0.29) is 0 Å². The zero-order valence-electron chi connectivity index (χ0n) is 8.75. The van der Waals surface area contributed by atoms with Crippen molar-refractivity contribution in [2.45, 2.75) is 12.7 Å². The molecule has 1 heterocycles. The molecule has 1 aromatic carbocycles. The number of rotatable bonds is 3. The summed E-state index contributed by atoms with van der Waals surface area (Å²) >= 11 is 0. The number of alkyl halides is 3. The molecule has 0 amide bonds. The van der Waals surface area contributed by atoms with E-state index in [1.165, 1.54) is 12.1 Å². The average Bonchev–Trinajstić information content (AvgIpc) is 2.78. The molecule has 2 N–H and O–H groups in total. The van der Waals surface area contributed by atoms with Gasteiger partial charge in [0.25, 0.3) is 0 Å². The van der Waals surface area contributed by atoms with Crippen molar-refractivity contribution >= 4 is 5.69 Å². The lowest BCUT2D eigenvalue weighted by atomic mass is 10.2. The van der Waals surface area contributed by atoms with E-state index in [1.54, 1.807) is 12.5 Å². The molecule has 0 saturated heterocycles. The fraction of sp³-hybridized carbons (Fsp3) is 0.182. The molecule has 2 rings (SSSR count). The van der Waals surface area contributed by atoms with Crippen LogP contribution in [0.3, 0.4) is 0 Å². The second-order valence-corrected chi connectivity index (χ2v) is 3.51. The Labute approximate surface area is 95.7 Å². The molecule has 0 saturated carbocycles. The maximum atomic E-state index is 12.3. The van der Waals surface area contributed by atoms with E-state index >= 15 is 0 Å². The van der Waals surface area contributed by atoms with E-state index in [4.69, 9.17) is 0 Å². The van der Waals surface area contributed by atoms with Gasteiger partial charge in [0.1, 0.15) is 0 Å². The van der Waals surface area contributed by atoms with Gasteiger partial charge in [-0.15, -0.1) is 0 Å². The summed E-state index contributed by atoms with van der Waals surface area (Å²) in [6.07, 6.45) is -1.09. The number of nitrogens with zero attached hydrogens (tertiary/aromatic N) is 1. The number of benzene rings is 1. The average molecular weight is 241 g/mol. The second-order valence-electron chi connectivity index (χ2n) is 3.51. The van der Waals surface area contributed by atoms with Gasteiger partial charge in [-0.2, -0.15) is 13.2 Å². The largest absolute Gasteiger partial charge is 0.416 e. The Kier molecular flexibility index (Phi) is 3.03. The molecule has 0 spiro atoms. The minimum Gasteiger partial charge on any atom is -0.379 e. The highest BCUT2D eigenvalue weighted by Gasteiger charge is 2.29. The summed E-state index contributed by atoms with van der Waals surface area (Å²) in [5, 5.41) is 2.99. The molecular formula is C11H10F3N3. The van der Waals surface area contributed by atoms with Crippen molar-refractivity contribution in [1.29, 1.82) is 0 Å². The Bertz CT molecular complexity index is 460. The molecule has 0 aliphatic rings. The molecule has 0 bridgehead atoms. The number of aromatic amines is 1. The van der Waals surface area contributed by atoms with Crippen molar-refractivity contribution in [1.82, 2.24) is 9.97 Å². The van der Waals surface area contributed by atoms with Crippen LogP contribution in [0, 0.1) is 0 Å². The molecule has 0 aliphatic heterocycles. The monoisotopic (exact) mass is 241 g/mol. The summed E-state index contributed by atoms with van der Waals surface area (Å²) in [6.45, 7) is 0.491. The summed E-state index contributed by atoms with van der Waals surface area (Å²) < 4.78 is 36.9. The molecule has 0 unspecified atom stereocenters. The van der Waals surface area contributed by atoms with Gasteiger partial charge in [-0.3, -0.25) is 0 Å². The fourth-order valence-electron chi connectivity index (χ4n) is 1.36. The molecule has 17 heavy (non-hydrogen) atoms. The summed E-state index contributed by atoms with van der Waals surface area (Å²) in [4.78, 5) is 6.73. The number of anilines is 1. The van der Waals surface area contributed by atoms with Crippen LogP contribution in [0.4, 0.5) is 18.9 Å². The highest BCUT2D eigenvalue weighted by Crippen LogP contribution is 2.29. The Morgan fingerprint density at radius 2 is 1.88 bits per heavy atom. The van der Waals surface area contributed by atoms with Crippen LogP contribution >= 0.6 is 0 Å². The van der Waals surface area contributed by atoms with E-state index < -0.39 is 11.7 Å². The van der Waals surface area contributed by atoms with E-state index in [1.807, 2.05) is 0 Å². The summed E-state index contributed by atoms with van der Waals surface area (Å²) in [5.41, 5.74) is 0.849. The van der Waals surface area contributed by atoms with Crippen LogP contribution in [0.5, 0.6) is 0 Å². The summed E-state index contributed by atoms with van der Waals surface area (Å²) in [7, 11) is 0. The number of nitrogens with one attached hydrogen (secondary N) is 2. The quantitative estimate of drug-likeness (QED) is 0.867. The lowest BCUT2D eigenvalue weighted by molar-refractivity contribution is -0.137. The number of hydrogen-bond donors (Lipinski definition) is 2. The van der Waals surface area contributed by atoms with E-state index in [2.05, 4.69) is 15.3 Å². The lowest BCUT2D eigenvalue weighted by Crippen LogP contribution is -2.05. The van der Waals surface area contributed by atoms with Gasteiger partial charge in [0.2, 0.25) is 0 Å². The van der Waals surface area contributed by atoms with E-state index in [9.17, 15) is 13.2 Å². The van der Waals surface area contributed by atoms with Gasteiger partial charge >= 0.3 is 6.18 Å². The van der Waals surface area contributed by atoms with Crippen LogP contribution in [0.25, 0.3) is 0 Å². The third kappa shape index (κ3) is 2.99. The highest BCUT2D eigenvalue weighted by molar-refractivity contribution is 5.45. The topological polar surface area (TPSA) is 40.7 Å². The Morgan fingerprint density at radius 1 is 1.18 bits per heavy atom. The molecular weight excluding hydrogens is 231 g/mol. The van der Waals surface area contributed by atoms with Crippen LogP contribution in [0.1, 0.15) is 11.3 Å². The van der Waals surface area contributed by atoms with E-state index in [0.29, 0.717) is 12.2 Å². The smallest absolute Gasteiger partial charge is 0.379 e. The van der Waals surface area contributed by atoms with Crippen molar-refractivity contribution in [3.8, 4) is 0 Å². The van der Waals surface area contributed by atoms with Crippen LogP contribution in [0.15, 0.2) is 36.8 Å². The van der Waals surface area contributed by atoms with Gasteiger partial charge in [-0.1, -0.05) is 0 Å². The maximum Gasteiger partial charge on any atom is 0.416 e. The predicted molar refractivity (Wildman–Crippen MR) is 57.4 cm³/mol. The Morgan fingerprint density at radius 3 is 2.41 bits per heavy atom. The zero-order valence-corrected chi connectivity index (χ0v) is 8.75. The van der Waals surface area contributed by atoms with Crippen molar-refractivity contribution in [3.05, 3.63) is 48.0 Å². The van der Waals surface area contributed by atoms with Crippen molar-refractivity contribution < 1.29 is 13.2 Å². The minimum absolute atomic E-state index is 0.491. The van der Waals surface area contributed by atoms with E-state index in [0.717, 1.165) is 17.8 Å². The SMILES string of the molecule is FC(F)(F)c1ccc(NCc2cnc[nH]2)cc1. The molecule has 1 aromatic heterocycles. The lowest BCUT2D eigenvalue weighted by Gasteiger charge is -2.08. The molecule has 0 fully saturated rings. The van der Waals surface area contributed by atoms with Gasteiger partial charge in [0, 0.05) is 11.9 Å². The predicted octanol–water partition coefficient (Wildman–Crippen LogP) is 3.04. The molecule has 0 atom stereocenters. The van der Waals surface area contributed by atoms with Crippen molar-refractivity contribution in [2.75, 3.05) is 5.32 Å².